The minimum atomic E-state index is 0.309. The van der Waals surface area contributed by atoms with Crippen molar-refractivity contribution in [3.05, 3.63) is 30.2 Å². The number of rotatable bonds is 2. The second-order valence-corrected chi connectivity index (χ2v) is 3.01. The Hall–Kier alpha value is -1.49. The van der Waals surface area contributed by atoms with Gasteiger partial charge in [0.05, 0.1) is 5.88 Å². The molecule has 0 aliphatic carbocycles. The molecule has 0 atom stereocenters. The molecular weight excluding hydrogens is 202 g/mol. The highest BCUT2D eigenvalue weighted by Crippen LogP contribution is 2.07. The molecule has 0 aliphatic heterocycles. The Morgan fingerprint density at radius 3 is 2.86 bits per heavy atom. The van der Waals surface area contributed by atoms with E-state index >= 15 is 0 Å². The number of nitrogens with zero attached hydrogens (tertiary/aromatic N) is 5. The van der Waals surface area contributed by atoms with Gasteiger partial charge in [0.2, 0.25) is 0 Å². The van der Waals surface area contributed by atoms with E-state index in [1.165, 1.54) is 12.7 Å². The molecule has 72 valence electrons. The minimum absolute atomic E-state index is 0.309. The molecule has 2 heterocycles. The second-order valence-electron chi connectivity index (χ2n) is 2.74. The predicted molar refractivity (Wildman–Crippen MR) is 51.2 cm³/mol. The topological polar surface area (TPSA) is 56.5 Å². The van der Waals surface area contributed by atoms with Crippen LogP contribution in [0.15, 0.2) is 18.7 Å². The fraction of sp³-hybridized carbons (Fsp3) is 0.250. The Balaban J connectivity index is 2.49. The third kappa shape index (κ3) is 1.58. The van der Waals surface area contributed by atoms with Crippen LogP contribution in [0.25, 0.3) is 5.82 Å². The van der Waals surface area contributed by atoms with E-state index in [9.17, 15) is 0 Å². The van der Waals surface area contributed by atoms with Crippen LogP contribution in [-0.2, 0) is 5.88 Å². The number of aryl methyl sites for hydroxylation is 1. The molecule has 5 nitrogen and oxygen atoms in total. The lowest BCUT2D eigenvalue weighted by molar-refractivity contribution is 0.796. The van der Waals surface area contributed by atoms with Gasteiger partial charge in [-0.25, -0.2) is 15.0 Å². The van der Waals surface area contributed by atoms with Crippen LogP contribution < -0.4 is 0 Å². The van der Waals surface area contributed by atoms with Gasteiger partial charge in [0.15, 0.2) is 5.82 Å². The summed E-state index contributed by atoms with van der Waals surface area (Å²) in [5, 5.41) is 4.03. The van der Waals surface area contributed by atoms with Gasteiger partial charge >= 0.3 is 0 Å². The third-order valence-electron chi connectivity index (χ3n) is 1.74. The molecule has 2 aromatic heterocycles. The number of halogens is 1. The molecule has 14 heavy (non-hydrogen) atoms. The Labute approximate surface area is 85.8 Å². The van der Waals surface area contributed by atoms with Crippen LogP contribution in [0.4, 0.5) is 0 Å². The Morgan fingerprint density at radius 1 is 1.29 bits per heavy atom. The van der Waals surface area contributed by atoms with Crippen molar-refractivity contribution < 1.29 is 0 Å². The summed E-state index contributed by atoms with van der Waals surface area (Å²) in [6.45, 7) is 1.89. The van der Waals surface area contributed by atoms with E-state index in [2.05, 4.69) is 20.1 Å². The van der Waals surface area contributed by atoms with Crippen LogP contribution in [0, 0.1) is 6.92 Å². The van der Waals surface area contributed by atoms with E-state index in [1.54, 1.807) is 4.68 Å². The highest BCUT2D eigenvalue weighted by atomic mass is 35.5. The van der Waals surface area contributed by atoms with Crippen molar-refractivity contribution in [1.82, 2.24) is 24.7 Å². The molecule has 0 spiro atoms. The van der Waals surface area contributed by atoms with E-state index < -0.39 is 0 Å². The molecule has 2 aromatic rings. The highest BCUT2D eigenvalue weighted by Gasteiger charge is 2.06. The monoisotopic (exact) mass is 209 g/mol. The van der Waals surface area contributed by atoms with Gasteiger partial charge in [0.25, 0.3) is 0 Å². The zero-order chi connectivity index (χ0) is 9.97. The molecule has 2 rings (SSSR count). The fourth-order valence-electron chi connectivity index (χ4n) is 1.10. The lowest BCUT2D eigenvalue weighted by Gasteiger charge is -2.02. The second kappa shape index (κ2) is 3.71. The molecule has 0 bridgehead atoms. The maximum absolute atomic E-state index is 5.70. The summed E-state index contributed by atoms with van der Waals surface area (Å²) in [4.78, 5) is 12.1. The molecular formula is C8H8ClN5. The van der Waals surface area contributed by atoms with Crippen LogP contribution in [0.2, 0.25) is 0 Å². The molecule has 0 fully saturated rings. The zero-order valence-electron chi connectivity index (χ0n) is 7.55. The highest BCUT2D eigenvalue weighted by molar-refractivity contribution is 6.16. The van der Waals surface area contributed by atoms with Crippen LogP contribution in [0.1, 0.15) is 11.5 Å². The van der Waals surface area contributed by atoms with Gasteiger partial charge in [-0.1, -0.05) is 0 Å². The summed E-state index contributed by atoms with van der Waals surface area (Å²) in [6, 6.07) is 1.82. The molecule has 0 saturated heterocycles. The fourth-order valence-corrected chi connectivity index (χ4v) is 1.29. The minimum Gasteiger partial charge on any atom is -0.242 e. The summed E-state index contributed by atoms with van der Waals surface area (Å²) >= 11 is 5.70. The van der Waals surface area contributed by atoms with Crippen molar-refractivity contribution >= 4 is 11.6 Å². The summed E-state index contributed by atoms with van der Waals surface area (Å²) in [5.41, 5.74) is 0.881. The molecule has 0 amide bonds. The van der Waals surface area contributed by atoms with Gasteiger partial charge < -0.3 is 0 Å². The van der Waals surface area contributed by atoms with Gasteiger partial charge in [-0.3, -0.25) is 0 Å². The van der Waals surface area contributed by atoms with Crippen molar-refractivity contribution in [2.24, 2.45) is 0 Å². The first kappa shape index (κ1) is 9.08. The average molecular weight is 210 g/mol. The maximum Gasteiger partial charge on any atom is 0.159 e. The Bertz CT molecular complexity index is 439. The number of hydrogen-bond acceptors (Lipinski definition) is 4. The van der Waals surface area contributed by atoms with E-state index in [1.807, 2.05) is 13.0 Å². The van der Waals surface area contributed by atoms with Gasteiger partial charge in [-0.05, 0) is 6.92 Å². The summed E-state index contributed by atoms with van der Waals surface area (Å²) < 4.78 is 1.60. The summed E-state index contributed by atoms with van der Waals surface area (Å²) in [5.74, 6) is 1.67. The normalized spacial score (nSPS) is 10.4. The molecule has 6 heteroatoms. The molecule has 0 unspecified atom stereocenters. The number of alkyl halides is 1. The third-order valence-corrected chi connectivity index (χ3v) is 1.98. The Morgan fingerprint density at radius 2 is 2.14 bits per heavy atom. The number of hydrogen-bond donors (Lipinski definition) is 0. The number of aromatic nitrogens is 5. The van der Waals surface area contributed by atoms with Crippen molar-refractivity contribution in [3.8, 4) is 5.82 Å². The van der Waals surface area contributed by atoms with Crippen molar-refractivity contribution in [3.63, 3.8) is 0 Å². The molecule has 0 N–H and O–H groups in total. The van der Waals surface area contributed by atoms with E-state index in [0.717, 1.165) is 5.69 Å². The van der Waals surface area contributed by atoms with Crippen LogP contribution >= 0.6 is 11.6 Å². The predicted octanol–water partition coefficient (Wildman–Crippen LogP) is 1.10. The van der Waals surface area contributed by atoms with Crippen LogP contribution in [0.3, 0.4) is 0 Å². The van der Waals surface area contributed by atoms with Gasteiger partial charge in [-0.2, -0.15) is 9.78 Å². The standard InChI is InChI=1S/C8H8ClN5/c1-6-2-7(11-4-10-6)14-8(3-9)12-5-13-14/h2,4-5H,3H2,1H3. The first-order valence-electron chi connectivity index (χ1n) is 4.05. The van der Waals surface area contributed by atoms with Crippen molar-refractivity contribution in [1.29, 1.82) is 0 Å². The summed E-state index contributed by atoms with van der Waals surface area (Å²) in [7, 11) is 0. The molecule has 0 saturated carbocycles. The summed E-state index contributed by atoms with van der Waals surface area (Å²) in [6.07, 6.45) is 2.94. The lowest BCUT2D eigenvalue weighted by atomic mass is 10.4. The Kier molecular flexibility index (Phi) is 2.41. The molecule has 0 aliphatic rings. The first-order chi connectivity index (χ1) is 6.81. The SMILES string of the molecule is Cc1cc(-n2ncnc2CCl)ncn1. The van der Waals surface area contributed by atoms with Crippen molar-refractivity contribution in [2.75, 3.05) is 0 Å². The van der Waals surface area contributed by atoms with Crippen LogP contribution in [-0.4, -0.2) is 24.7 Å². The first-order valence-corrected chi connectivity index (χ1v) is 4.58. The van der Waals surface area contributed by atoms with Crippen molar-refractivity contribution in [2.45, 2.75) is 12.8 Å². The zero-order valence-corrected chi connectivity index (χ0v) is 8.31. The molecule has 0 radical (unpaired) electrons. The quantitative estimate of drug-likeness (QED) is 0.696. The van der Waals surface area contributed by atoms with Gasteiger partial charge in [-0.15, -0.1) is 11.6 Å². The van der Waals surface area contributed by atoms with E-state index in [-0.39, 0.29) is 0 Å². The molecule has 0 aromatic carbocycles. The van der Waals surface area contributed by atoms with E-state index in [0.29, 0.717) is 17.5 Å². The maximum atomic E-state index is 5.70. The largest absolute Gasteiger partial charge is 0.242 e. The van der Waals surface area contributed by atoms with Crippen LogP contribution in [0.5, 0.6) is 0 Å². The lowest BCUT2D eigenvalue weighted by Crippen LogP contribution is -2.04. The van der Waals surface area contributed by atoms with Gasteiger partial charge in [0.1, 0.15) is 18.5 Å². The average Bonchev–Trinajstić information content (AvgIpc) is 2.65. The smallest absolute Gasteiger partial charge is 0.159 e. The van der Waals surface area contributed by atoms with Gasteiger partial charge in [0, 0.05) is 11.8 Å². The van der Waals surface area contributed by atoms with E-state index in [4.69, 9.17) is 11.6 Å².